The lowest BCUT2D eigenvalue weighted by atomic mass is 9.84. The summed E-state index contributed by atoms with van der Waals surface area (Å²) in [5.74, 6) is 1.58. The van der Waals surface area contributed by atoms with Crippen LogP contribution in [-0.4, -0.2) is 44.8 Å². The Balaban J connectivity index is 2.16. The van der Waals surface area contributed by atoms with E-state index in [1.54, 1.807) is 19.1 Å². The molecule has 1 aliphatic carbocycles. The molecule has 0 aromatic heterocycles. The van der Waals surface area contributed by atoms with Crippen molar-refractivity contribution >= 4 is 24.2 Å². The minimum absolute atomic E-state index is 0.316. The second-order valence-corrected chi connectivity index (χ2v) is 8.19. The van der Waals surface area contributed by atoms with Crippen molar-refractivity contribution in [3.05, 3.63) is 12.1 Å². The number of anilines is 1. The Hall–Kier alpha value is -1.64. The molecule has 1 aromatic carbocycles. The lowest BCUT2D eigenvalue weighted by Crippen LogP contribution is -2.47. The number of thiol groups is 1. The van der Waals surface area contributed by atoms with Gasteiger partial charge in [-0.3, -0.25) is 4.79 Å². The Kier molecular flexibility index (Phi) is 9.39. The van der Waals surface area contributed by atoms with Crippen LogP contribution in [0.2, 0.25) is 0 Å². The fourth-order valence-corrected chi connectivity index (χ4v) is 4.00. The van der Waals surface area contributed by atoms with E-state index < -0.39 is 17.6 Å². The van der Waals surface area contributed by atoms with Crippen LogP contribution < -0.4 is 25.3 Å². The standard InChI is InChI=1S/C21H34N2O5S/c1-13(29)28-19(16(22)10-14-8-6-5-7-9-14)21(24)23-15-11-17(25-2)20(27-4)18(12-15)26-3/h11-14,16,19,29H,5-10,22H2,1-4H3,(H,23,24)/t13?,16-,19?/m1/s1. The normalized spacial score (nSPS) is 17.9. The van der Waals surface area contributed by atoms with Crippen LogP contribution in [0, 0.1) is 5.92 Å². The van der Waals surface area contributed by atoms with Crippen molar-refractivity contribution < 1.29 is 23.7 Å². The third-order valence-corrected chi connectivity index (χ3v) is 5.38. The summed E-state index contributed by atoms with van der Waals surface area (Å²) >= 11 is 4.29. The number of amides is 1. The van der Waals surface area contributed by atoms with E-state index in [0.717, 1.165) is 19.3 Å². The molecule has 7 nitrogen and oxygen atoms in total. The van der Waals surface area contributed by atoms with Crippen LogP contribution in [0.5, 0.6) is 17.2 Å². The van der Waals surface area contributed by atoms with Crippen LogP contribution in [0.3, 0.4) is 0 Å². The number of hydrogen-bond acceptors (Lipinski definition) is 7. The molecule has 0 heterocycles. The fraction of sp³-hybridized carbons (Fsp3) is 0.667. The number of carbonyl (C=O) groups is 1. The molecule has 2 rings (SSSR count). The summed E-state index contributed by atoms with van der Waals surface area (Å²) in [6.45, 7) is 1.77. The molecule has 29 heavy (non-hydrogen) atoms. The Morgan fingerprint density at radius 3 is 2.21 bits per heavy atom. The Morgan fingerprint density at radius 1 is 1.14 bits per heavy atom. The summed E-state index contributed by atoms with van der Waals surface area (Å²) in [4.78, 5) is 13.0. The summed E-state index contributed by atoms with van der Waals surface area (Å²) in [6.07, 6.45) is 6.00. The highest BCUT2D eigenvalue weighted by Crippen LogP contribution is 2.40. The van der Waals surface area contributed by atoms with E-state index in [-0.39, 0.29) is 5.91 Å². The van der Waals surface area contributed by atoms with Gasteiger partial charge in [0.15, 0.2) is 17.6 Å². The fourth-order valence-electron chi connectivity index (χ4n) is 3.87. The van der Waals surface area contributed by atoms with Gasteiger partial charge < -0.3 is 30.0 Å². The van der Waals surface area contributed by atoms with E-state index in [9.17, 15) is 4.79 Å². The second kappa shape index (κ2) is 11.5. The maximum atomic E-state index is 13.0. The molecule has 8 heteroatoms. The number of nitrogens with two attached hydrogens (primary N) is 1. The van der Waals surface area contributed by atoms with Crippen LogP contribution in [0.4, 0.5) is 5.69 Å². The minimum atomic E-state index is -0.802. The highest BCUT2D eigenvalue weighted by molar-refractivity contribution is 7.80. The summed E-state index contributed by atoms with van der Waals surface area (Å²) in [7, 11) is 4.58. The number of benzene rings is 1. The molecule has 1 saturated carbocycles. The zero-order valence-electron chi connectivity index (χ0n) is 17.8. The van der Waals surface area contributed by atoms with Crippen LogP contribution in [0.15, 0.2) is 12.1 Å². The van der Waals surface area contributed by atoms with E-state index in [1.165, 1.54) is 40.6 Å². The molecule has 3 N–H and O–H groups in total. The molecule has 0 radical (unpaired) electrons. The molecule has 1 amide bonds. The van der Waals surface area contributed by atoms with E-state index in [1.807, 2.05) is 0 Å². The first-order valence-electron chi connectivity index (χ1n) is 10.1. The van der Waals surface area contributed by atoms with Crippen molar-refractivity contribution in [1.29, 1.82) is 0 Å². The molecular weight excluding hydrogens is 392 g/mol. The molecule has 164 valence electrons. The molecule has 0 aliphatic heterocycles. The van der Waals surface area contributed by atoms with E-state index in [0.29, 0.717) is 28.9 Å². The number of ether oxygens (including phenoxy) is 4. The summed E-state index contributed by atoms with van der Waals surface area (Å²) < 4.78 is 21.8. The van der Waals surface area contributed by atoms with E-state index in [4.69, 9.17) is 24.7 Å². The van der Waals surface area contributed by atoms with Crippen LogP contribution >= 0.6 is 12.6 Å². The molecule has 0 spiro atoms. The first kappa shape index (κ1) is 23.6. The second-order valence-electron chi connectivity index (χ2n) is 7.46. The molecule has 2 unspecified atom stereocenters. The Labute approximate surface area is 179 Å². The van der Waals surface area contributed by atoms with Gasteiger partial charge in [0.05, 0.1) is 26.8 Å². The Morgan fingerprint density at radius 2 is 1.72 bits per heavy atom. The SMILES string of the molecule is COc1cc(NC(=O)C(OC(C)S)[C@H](N)CC2CCCCC2)cc(OC)c1OC. The maximum absolute atomic E-state index is 13.0. The zero-order valence-corrected chi connectivity index (χ0v) is 18.7. The lowest BCUT2D eigenvalue weighted by Gasteiger charge is -2.29. The number of rotatable bonds is 10. The number of carbonyl (C=O) groups excluding carboxylic acids is 1. The summed E-state index contributed by atoms with van der Waals surface area (Å²) in [6, 6.07) is 2.94. The average Bonchev–Trinajstić information content (AvgIpc) is 2.71. The molecule has 0 saturated heterocycles. The van der Waals surface area contributed by atoms with E-state index in [2.05, 4.69) is 17.9 Å². The van der Waals surface area contributed by atoms with Crippen LogP contribution in [-0.2, 0) is 9.53 Å². The van der Waals surface area contributed by atoms with Gasteiger partial charge in [-0.05, 0) is 19.3 Å². The highest BCUT2D eigenvalue weighted by atomic mass is 32.1. The van der Waals surface area contributed by atoms with Crippen molar-refractivity contribution in [2.45, 2.75) is 63.0 Å². The first-order chi connectivity index (χ1) is 13.9. The lowest BCUT2D eigenvalue weighted by molar-refractivity contribution is -0.129. The van der Waals surface area contributed by atoms with Crippen LogP contribution in [0.25, 0.3) is 0 Å². The van der Waals surface area contributed by atoms with Gasteiger partial charge in [-0.1, -0.05) is 32.1 Å². The van der Waals surface area contributed by atoms with E-state index >= 15 is 0 Å². The number of methoxy groups -OCH3 is 3. The van der Waals surface area contributed by atoms with Gasteiger partial charge in [-0.25, -0.2) is 0 Å². The van der Waals surface area contributed by atoms with Crippen molar-refractivity contribution in [3.8, 4) is 17.2 Å². The predicted molar refractivity (Wildman–Crippen MR) is 117 cm³/mol. The molecule has 3 atom stereocenters. The third-order valence-electron chi connectivity index (χ3n) is 5.25. The van der Waals surface area contributed by atoms with Crippen molar-refractivity contribution in [2.24, 2.45) is 11.7 Å². The average molecular weight is 427 g/mol. The van der Waals surface area contributed by atoms with Crippen molar-refractivity contribution in [3.63, 3.8) is 0 Å². The highest BCUT2D eigenvalue weighted by Gasteiger charge is 2.31. The van der Waals surface area contributed by atoms with Gasteiger partial charge in [-0.2, -0.15) is 0 Å². The summed E-state index contributed by atoms with van der Waals surface area (Å²) in [5, 5.41) is 2.87. The van der Waals surface area contributed by atoms with Gasteiger partial charge in [0.25, 0.3) is 5.91 Å². The number of hydrogen-bond donors (Lipinski definition) is 3. The Bertz CT molecular complexity index is 639. The van der Waals surface area contributed by atoms with Gasteiger partial charge >= 0.3 is 0 Å². The number of nitrogens with one attached hydrogen (secondary N) is 1. The van der Waals surface area contributed by atoms with Crippen LogP contribution in [0.1, 0.15) is 45.4 Å². The molecule has 1 aromatic rings. The third kappa shape index (κ3) is 6.69. The zero-order chi connectivity index (χ0) is 21.4. The molecular formula is C21H34N2O5S. The maximum Gasteiger partial charge on any atom is 0.255 e. The summed E-state index contributed by atoms with van der Waals surface area (Å²) in [5.41, 5.74) is 6.52. The van der Waals surface area contributed by atoms with Gasteiger partial charge in [0, 0.05) is 23.9 Å². The monoisotopic (exact) mass is 426 g/mol. The minimum Gasteiger partial charge on any atom is -0.493 e. The van der Waals surface area contributed by atoms with Crippen molar-refractivity contribution in [2.75, 3.05) is 26.6 Å². The van der Waals surface area contributed by atoms with Gasteiger partial charge in [0.2, 0.25) is 5.75 Å². The molecule has 0 bridgehead atoms. The first-order valence-corrected chi connectivity index (χ1v) is 10.6. The van der Waals surface area contributed by atoms with Gasteiger partial charge in [0.1, 0.15) is 0 Å². The van der Waals surface area contributed by atoms with Gasteiger partial charge in [-0.15, -0.1) is 12.6 Å². The quantitative estimate of drug-likeness (QED) is 0.391. The smallest absolute Gasteiger partial charge is 0.255 e. The molecule has 1 fully saturated rings. The topological polar surface area (TPSA) is 92.0 Å². The largest absolute Gasteiger partial charge is 0.493 e. The van der Waals surface area contributed by atoms with Crippen molar-refractivity contribution in [1.82, 2.24) is 0 Å². The molecule has 1 aliphatic rings. The predicted octanol–water partition coefficient (Wildman–Crippen LogP) is 3.61.